The van der Waals surface area contributed by atoms with E-state index in [-0.39, 0.29) is 12.3 Å². The molecule has 0 saturated heterocycles. The Morgan fingerprint density at radius 3 is 2.60 bits per heavy atom. The number of carboxylic acid groups (broad SMARTS) is 1. The molecular formula is C30H28N2O3. The van der Waals surface area contributed by atoms with Crippen LogP contribution < -0.4 is 9.64 Å². The highest BCUT2D eigenvalue weighted by Gasteiger charge is 2.22. The van der Waals surface area contributed by atoms with Crippen molar-refractivity contribution in [3.05, 3.63) is 114 Å². The fourth-order valence-corrected chi connectivity index (χ4v) is 4.63. The summed E-state index contributed by atoms with van der Waals surface area (Å²) in [7, 11) is 0. The van der Waals surface area contributed by atoms with Crippen LogP contribution in [0.2, 0.25) is 0 Å². The number of nitrogens with zero attached hydrogens (tertiary/aromatic N) is 2. The van der Waals surface area contributed by atoms with E-state index in [1.807, 2.05) is 24.3 Å². The van der Waals surface area contributed by atoms with Crippen LogP contribution in [0, 0.1) is 0 Å². The number of aryl methyl sites for hydroxylation is 1. The molecule has 1 aromatic heterocycles. The topological polar surface area (TPSA) is 62.7 Å². The third-order valence-electron chi connectivity index (χ3n) is 6.54. The number of fused-ring (bicyclic) bond motifs is 1. The molecule has 1 aliphatic rings. The third-order valence-corrected chi connectivity index (χ3v) is 6.54. The van der Waals surface area contributed by atoms with Crippen molar-refractivity contribution in [3.8, 4) is 16.9 Å². The molecule has 5 heteroatoms. The van der Waals surface area contributed by atoms with E-state index >= 15 is 0 Å². The number of para-hydroxylation sites is 1. The SMILES string of the molecule is CC1CCc2ccccc2N1Cc1cccc(-c2ccc(OCc3cccc(C(=O)O)n3)cc2)c1. The molecule has 35 heavy (non-hydrogen) atoms. The number of hydrogen-bond donors (Lipinski definition) is 1. The molecule has 4 aromatic rings. The normalized spacial score (nSPS) is 14.9. The van der Waals surface area contributed by atoms with Crippen molar-refractivity contribution in [2.75, 3.05) is 4.90 Å². The Hall–Kier alpha value is -4.12. The Labute approximate surface area is 205 Å². The summed E-state index contributed by atoms with van der Waals surface area (Å²) in [5.74, 6) is -0.330. The molecule has 0 aliphatic carbocycles. The summed E-state index contributed by atoms with van der Waals surface area (Å²) >= 11 is 0. The Bertz CT molecular complexity index is 1330. The standard InChI is InChI=1S/C30H28N2O3/c1-21-12-13-24-7-2-3-11-29(24)32(21)19-22-6-4-8-25(18-22)23-14-16-27(17-15-23)35-20-26-9-5-10-28(31-26)30(33)34/h2-11,14-18,21H,12-13,19-20H2,1H3,(H,33,34). The van der Waals surface area contributed by atoms with Crippen LogP contribution in [0.25, 0.3) is 11.1 Å². The minimum absolute atomic E-state index is 0.0174. The van der Waals surface area contributed by atoms with Gasteiger partial charge in [-0.25, -0.2) is 9.78 Å². The lowest BCUT2D eigenvalue weighted by Gasteiger charge is -2.37. The van der Waals surface area contributed by atoms with Gasteiger partial charge in [0.2, 0.25) is 0 Å². The fraction of sp³-hybridized carbons (Fsp3) is 0.200. The maximum Gasteiger partial charge on any atom is 0.354 e. The quantitative estimate of drug-likeness (QED) is 0.344. The zero-order valence-corrected chi connectivity index (χ0v) is 19.7. The molecule has 2 heterocycles. The molecule has 1 N–H and O–H groups in total. The average Bonchev–Trinajstić information content (AvgIpc) is 2.90. The number of ether oxygens (including phenoxy) is 1. The summed E-state index contributed by atoms with van der Waals surface area (Å²) in [4.78, 5) is 17.7. The monoisotopic (exact) mass is 464 g/mol. The zero-order valence-electron chi connectivity index (χ0n) is 19.7. The van der Waals surface area contributed by atoms with Crippen molar-refractivity contribution < 1.29 is 14.6 Å². The molecule has 1 unspecified atom stereocenters. The van der Waals surface area contributed by atoms with E-state index in [0.29, 0.717) is 17.5 Å². The van der Waals surface area contributed by atoms with Crippen molar-refractivity contribution in [1.29, 1.82) is 0 Å². The van der Waals surface area contributed by atoms with Gasteiger partial charge in [0.05, 0.1) is 5.69 Å². The van der Waals surface area contributed by atoms with Gasteiger partial charge in [0.25, 0.3) is 0 Å². The first kappa shape index (κ1) is 22.7. The summed E-state index contributed by atoms with van der Waals surface area (Å²) < 4.78 is 5.82. The summed E-state index contributed by atoms with van der Waals surface area (Å²) in [5, 5.41) is 9.10. The number of benzene rings is 3. The minimum atomic E-state index is -1.04. The van der Waals surface area contributed by atoms with Gasteiger partial charge < -0.3 is 14.7 Å². The van der Waals surface area contributed by atoms with Crippen molar-refractivity contribution >= 4 is 11.7 Å². The Balaban J connectivity index is 1.28. The van der Waals surface area contributed by atoms with E-state index in [2.05, 4.69) is 65.3 Å². The van der Waals surface area contributed by atoms with Gasteiger partial charge in [0.15, 0.2) is 0 Å². The Morgan fingerprint density at radius 2 is 1.77 bits per heavy atom. The van der Waals surface area contributed by atoms with Gasteiger partial charge in [-0.05, 0) is 78.4 Å². The van der Waals surface area contributed by atoms with Gasteiger partial charge in [0.1, 0.15) is 18.1 Å². The lowest BCUT2D eigenvalue weighted by atomic mass is 9.95. The van der Waals surface area contributed by atoms with Crippen LogP contribution in [0.3, 0.4) is 0 Å². The number of carboxylic acids is 1. The predicted octanol–water partition coefficient (Wildman–Crippen LogP) is 6.37. The molecular weight excluding hydrogens is 436 g/mol. The molecule has 0 spiro atoms. The van der Waals surface area contributed by atoms with Crippen LogP contribution in [0.1, 0.15) is 40.7 Å². The summed E-state index contributed by atoms with van der Waals surface area (Å²) in [6.07, 6.45) is 2.32. The molecule has 0 amide bonds. The maximum atomic E-state index is 11.1. The second-order valence-electron chi connectivity index (χ2n) is 8.98. The molecule has 176 valence electrons. The third kappa shape index (κ3) is 5.19. The predicted molar refractivity (Wildman–Crippen MR) is 138 cm³/mol. The first-order chi connectivity index (χ1) is 17.1. The second-order valence-corrected chi connectivity index (χ2v) is 8.98. The van der Waals surface area contributed by atoms with Crippen molar-refractivity contribution in [2.24, 2.45) is 0 Å². The molecule has 1 aliphatic heterocycles. The van der Waals surface area contributed by atoms with Crippen LogP contribution in [0.15, 0.2) is 91.0 Å². The van der Waals surface area contributed by atoms with E-state index in [1.54, 1.807) is 12.1 Å². The van der Waals surface area contributed by atoms with Crippen LogP contribution in [-0.4, -0.2) is 22.1 Å². The number of pyridine rings is 1. The van der Waals surface area contributed by atoms with Crippen LogP contribution >= 0.6 is 0 Å². The van der Waals surface area contributed by atoms with Crippen molar-refractivity contribution in [1.82, 2.24) is 4.98 Å². The lowest BCUT2D eigenvalue weighted by molar-refractivity contribution is 0.0690. The largest absolute Gasteiger partial charge is 0.487 e. The van der Waals surface area contributed by atoms with Crippen LogP contribution in [0.5, 0.6) is 5.75 Å². The highest BCUT2D eigenvalue weighted by atomic mass is 16.5. The first-order valence-electron chi connectivity index (χ1n) is 11.9. The lowest BCUT2D eigenvalue weighted by Crippen LogP contribution is -2.36. The highest BCUT2D eigenvalue weighted by molar-refractivity contribution is 5.85. The van der Waals surface area contributed by atoms with E-state index in [0.717, 1.165) is 18.5 Å². The molecule has 0 radical (unpaired) electrons. The fourth-order valence-electron chi connectivity index (χ4n) is 4.63. The van der Waals surface area contributed by atoms with E-state index in [1.165, 1.54) is 34.9 Å². The van der Waals surface area contributed by atoms with E-state index in [9.17, 15) is 4.79 Å². The van der Waals surface area contributed by atoms with Crippen LogP contribution in [0.4, 0.5) is 5.69 Å². The molecule has 3 aromatic carbocycles. The number of carbonyl (C=O) groups is 1. The van der Waals surface area contributed by atoms with Crippen molar-refractivity contribution in [3.63, 3.8) is 0 Å². The van der Waals surface area contributed by atoms with Gasteiger partial charge >= 0.3 is 5.97 Å². The average molecular weight is 465 g/mol. The Kier molecular flexibility index (Phi) is 6.49. The van der Waals surface area contributed by atoms with Gasteiger partial charge in [-0.3, -0.25) is 0 Å². The van der Waals surface area contributed by atoms with Gasteiger partial charge in [0, 0.05) is 18.3 Å². The second kappa shape index (κ2) is 10.0. The molecule has 5 nitrogen and oxygen atoms in total. The molecule has 0 bridgehead atoms. The Morgan fingerprint density at radius 1 is 0.971 bits per heavy atom. The number of anilines is 1. The zero-order chi connectivity index (χ0) is 24.2. The van der Waals surface area contributed by atoms with E-state index in [4.69, 9.17) is 9.84 Å². The number of aromatic carboxylic acids is 1. The van der Waals surface area contributed by atoms with Crippen LogP contribution in [-0.2, 0) is 19.6 Å². The number of rotatable bonds is 7. The molecule has 1 atom stereocenters. The maximum absolute atomic E-state index is 11.1. The van der Waals surface area contributed by atoms with E-state index < -0.39 is 5.97 Å². The first-order valence-corrected chi connectivity index (χ1v) is 11.9. The minimum Gasteiger partial charge on any atom is -0.487 e. The number of hydrogen-bond acceptors (Lipinski definition) is 4. The highest BCUT2D eigenvalue weighted by Crippen LogP contribution is 2.32. The summed E-state index contributed by atoms with van der Waals surface area (Å²) in [6.45, 7) is 3.41. The number of aromatic nitrogens is 1. The molecule has 0 saturated carbocycles. The summed E-state index contributed by atoms with van der Waals surface area (Å²) in [6, 6.07) is 30.8. The van der Waals surface area contributed by atoms with Gasteiger partial charge in [-0.1, -0.05) is 54.6 Å². The van der Waals surface area contributed by atoms with Gasteiger partial charge in [-0.15, -0.1) is 0 Å². The molecule has 0 fully saturated rings. The smallest absolute Gasteiger partial charge is 0.354 e. The van der Waals surface area contributed by atoms with Gasteiger partial charge in [-0.2, -0.15) is 0 Å². The summed E-state index contributed by atoms with van der Waals surface area (Å²) in [5.41, 5.74) is 6.96. The van der Waals surface area contributed by atoms with Crippen molar-refractivity contribution in [2.45, 2.75) is 39.0 Å². The molecule has 5 rings (SSSR count).